The third kappa shape index (κ3) is 2.53. The van der Waals surface area contributed by atoms with Crippen LogP contribution in [0.3, 0.4) is 0 Å². The van der Waals surface area contributed by atoms with Crippen LogP contribution in [0.5, 0.6) is 5.75 Å². The first-order chi connectivity index (χ1) is 7.45. The maximum absolute atomic E-state index is 5.84. The number of pyridine rings is 1. The van der Waals surface area contributed by atoms with Crippen LogP contribution < -0.4 is 10.5 Å². The molecule has 0 saturated heterocycles. The van der Waals surface area contributed by atoms with E-state index < -0.39 is 0 Å². The Balaban J connectivity index is 2.05. The summed E-state index contributed by atoms with van der Waals surface area (Å²) in [6, 6.07) is 4.28. The molecule has 88 valence electrons. The highest BCUT2D eigenvalue weighted by Crippen LogP contribution is 2.27. The molecular formula is C13H20N2O. The molecule has 1 heterocycles. The lowest BCUT2D eigenvalue weighted by molar-refractivity contribution is 0.101. The second-order valence-electron chi connectivity index (χ2n) is 5.60. The van der Waals surface area contributed by atoms with Gasteiger partial charge in [0.15, 0.2) is 0 Å². The monoisotopic (exact) mass is 220 g/mol. The lowest BCUT2D eigenvalue weighted by Gasteiger charge is -2.32. The quantitative estimate of drug-likeness (QED) is 0.831. The maximum atomic E-state index is 5.84. The van der Waals surface area contributed by atoms with E-state index in [0.717, 1.165) is 24.3 Å². The first kappa shape index (κ1) is 11.4. The molecule has 0 amide bonds. The van der Waals surface area contributed by atoms with Crippen molar-refractivity contribution >= 4 is 0 Å². The number of nitrogens with two attached hydrogens (primary N) is 1. The average molecular weight is 220 g/mol. The van der Waals surface area contributed by atoms with Crippen LogP contribution in [0.2, 0.25) is 0 Å². The highest BCUT2D eigenvalue weighted by atomic mass is 16.5. The zero-order valence-corrected chi connectivity index (χ0v) is 10.2. The van der Waals surface area contributed by atoms with Gasteiger partial charge in [-0.25, -0.2) is 0 Å². The second kappa shape index (κ2) is 4.06. The lowest BCUT2D eigenvalue weighted by atomic mass is 9.90. The topological polar surface area (TPSA) is 48.1 Å². The van der Waals surface area contributed by atoms with Crippen LogP contribution >= 0.6 is 0 Å². The maximum Gasteiger partial charge on any atom is 0.123 e. The third-order valence-electron chi connectivity index (χ3n) is 2.93. The van der Waals surface area contributed by atoms with Crippen LogP contribution in [0.4, 0.5) is 0 Å². The number of hydrogen-bond acceptors (Lipinski definition) is 3. The third-order valence-corrected chi connectivity index (χ3v) is 2.93. The van der Waals surface area contributed by atoms with Gasteiger partial charge in [0, 0.05) is 29.4 Å². The van der Waals surface area contributed by atoms with E-state index in [9.17, 15) is 0 Å². The van der Waals surface area contributed by atoms with Gasteiger partial charge in [0.2, 0.25) is 0 Å². The van der Waals surface area contributed by atoms with Gasteiger partial charge in [-0.05, 0) is 18.9 Å². The summed E-state index contributed by atoms with van der Waals surface area (Å²) in [5.74, 6) is 0.914. The van der Waals surface area contributed by atoms with E-state index in [-0.39, 0.29) is 5.41 Å². The van der Waals surface area contributed by atoms with Crippen LogP contribution in [0, 0.1) is 0 Å². The Kier molecular flexibility index (Phi) is 2.89. The fourth-order valence-electron chi connectivity index (χ4n) is 1.79. The van der Waals surface area contributed by atoms with Crippen molar-refractivity contribution in [2.24, 2.45) is 5.73 Å². The van der Waals surface area contributed by atoms with Gasteiger partial charge in [0.25, 0.3) is 0 Å². The molecule has 1 aliphatic rings. The molecule has 16 heavy (non-hydrogen) atoms. The summed E-state index contributed by atoms with van der Waals surface area (Å²) in [5, 5.41) is 0. The summed E-state index contributed by atoms with van der Waals surface area (Å²) in [6.45, 7) is 6.45. The molecular weight excluding hydrogens is 200 g/mol. The minimum absolute atomic E-state index is 0.0649. The van der Waals surface area contributed by atoms with Crippen LogP contribution in [-0.4, -0.2) is 17.1 Å². The van der Waals surface area contributed by atoms with Crippen molar-refractivity contribution in [3.63, 3.8) is 0 Å². The first-order valence-electron chi connectivity index (χ1n) is 5.84. The number of rotatable bonds is 2. The number of aromatic nitrogens is 1. The van der Waals surface area contributed by atoms with Crippen molar-refractivity contribution in [2.45, 2.75) is 51.2 Å². The molecule has 0 radical (unpaired) electrons. The smallest absolute Gasteiger partial charge is 0.123 e. The molecule has 3 nitrogen and oxygen atoms in total. The van der Waals surface area contributed by atoms with Crippen LogP contribution in [0.1, 0.15) is 39.3 Å². The van der Waals surface area contributed by atoms with Gasteiger partial charge < -0.3 is 10.5 Å². The summed E-state index contributed by atoms with van der Waals surface area (Å²) in [5.41, 5.74) is 6.86. The Morgan fingerprint density at radius 3 is 2.62 bits per heavy atom. The molecule has 0 unspecified atom stereocenters. The number of nitrogens with zero attached hydrogens (tertiary/aromatic N) is 1. The van der Waals surface area contributed by atoms with Gasteiger partial charge in [0.1, 0.15) is 11.9 Å². The van der Waals surface area contributed by atoms with E-state index in [0.29, 0.717) is 12.1 Å². The molecule has 1 aromatic rings. The molecule has 1 saturated carbocycles. The number of ether oxygens (including phenoxy) is 1. The SMILES string of the molecule is CC(C)(C)c1cc(OC2CC(N)C2)ccn1. The molecule has 0 bridgehead atoms. The zero-order chi connectivity index (χ0) is 11.8. The molecule has 1 aliphatic carbocycles. The Labute approximate surface area is 97.0 Å². The van der Waals surface area contributed by atoms with E-state index in [1.54, 1.807) is 0 Å². The molecule has 2 rings (SSSR count). The normalized spacial score (nSPS) is 25.0. The van der Waals surface area contributed by atoms with Crippen molar-refractivity contribution < 1.29 is 4.74 Å². The summed E-state index contributed by atoms with van der Waals surface area (Å²) >= 11 is 0. The Bertz CT molecular complexity index is 364. The number of hydrogen-bond donors (Lipinski definition) is 1. The van der Waals surface area contributed by atoms with E-state index in [4.69, 9.17) is 10.5 Å². The van der Waals surface area contributed by atoms with Crippen LogP contribution in [-0.2, 0) is 5.41 Å². The highest BCUT2D eigenvalue weighted by Gasteiger charge is 2.27. The van der Waals surface area contributed by atoms with Gasteiger partial charge in [-0.15, -0.1) is 0 Å². The second-order valence-corrected chi connectivity index (χ2v) is 5.60. The van der Waals surface area contributed by atoms with Crippen molar-refractivity contribution in [2.75, 3.05) is 0 Å². The van der Waals surface area contributed by atoms with E-state index in [1.165, 1.54) is 0 Å². The average Bonchev–Trinajstić information content (AvgIpc) is 2.14. The first-order valence-corrected chi connectivity index (χ1v) is 5.84. The fraction of sp³-hybridized carbons (Fsp3) is 0.615. The van der Waals surface area contributed by atoms with E-state index in [2.05, 4.69) is 25.8 Å². The molecule has 0 spiro atoms. The zero-order valence-electron chi connectivity index (χ0n) is 10.2. The van der Waals surface area contributed by atoms with Crippen molar-refractivity contribution in [3.8, 4) is 5.75 Å². The molecule has 2 N–H and O–H groups in total. The van der Waals surface area contributed by atoms with Gasteiger partial charge >= 0.3 is 0 Å². The summed E-state index contributed by atoms with van der Waals surface area (Å²) in [4.78, 5) is 4.37. The predicted molar refractivity (Wildman–Crippen MR) is 64.6 cm³/mol. The Morgan fingerprint density at radius 2 is 2.06 bits per heavy atom. The molecule has 3 heteroatoms. The Hall–Kier alpha value is -1.09. The van der Waals surface area contributed by atoms with Gasteiger partial charge in [-0.3, -0.25) is 4.98 Å². The van der Waals surface area contributed by atoms with Crippen LogP contribution in [0.15, 0.2) is 18.3 Å². The fourth-order valence-corrected chi connectivity index (χ4v) is 1.79. The predicted octanol–water partition coefficient (Wildman–Crippen LogP) is 2.25. The summed E-state index contributed by atoms with van der Waals surface area (Å²) < 4.78 is 5.84. The molecule has 0 atom stereocenters. The largest absolute Gasteiger partial charge is 0.490 e. The van der Waals surface area contributed by atoms with E-state index >= 15 is 0 Å². The van der Waals surface area contributed by atoms with Crippen molar-refractivity contribution in [1.82, 2.24) is 4.98 Å². The Morgan fingerprint density at radius 1 is 1.38 bits per heavy atom. The highest BCUT2D eigenvalue weighted by molar-refractivity contribution is 5.26. The summed E-state index contributed by atoms with van der Waals surface area (Å²) in [7, 11) is 0. The molecule has 1 fully saturated rings. The molecule has 1 aromatic heterocycles. The van der Waals surface area contributed by atoms with Crippen molar-refractivity contribution in [1.29, 1.82) is 0 Å². The molecule has 0 aromatic carbocycles. The van der Waals surface area contributed by atoms with Gasteiger partial charge in [0.05, 0.1) is 0 Å². The minimum Gasteiger partial charge on any atom is -0.490 e. The van der Waals surface area contributed by atoms with Crippen molar-refractivity contribution in [3.05, 3.63) is 24.0 Å². The summed E-state index contributed by atoms with van der Waals surface area (Å²) in [6.07, 6.45) is 4.04. The molecule has 0 aliphatic heterocycles. The standard InChI is InChI=1S/C13H20N2O/c1-13(2,3)12-8-10(4-5-15-12)16-11-6-9(14)7-11/h4-5,8-9,11H,6-7,14H2,1-3H3. The van der Waals surface area contributed by atoms with Gasteiger partial charge in [-0.1, -0.05) is 20.8 Å². The minimum atomic E-state index is 0.0649. The lowest BCUT2D eigenvalue weighted by Crippen LogP contribution is -2.43. The van der Waals surface area contributed by atoms with Crippen LogP contribution in [0.25, 0.3) is 0 Å². The van der Waals surface area contributed by atoms with E-state index in [1.807, 2.05) is 18.3 Å². The van der Waals surface area contributed by atoms with Gasteiger partial charge in [-0.2, -0.15) is 0 Å².